The van der Waals surface area contributed by atoms with E-state index in [1.807, 2.05) is 30.5 Å². The smallest absolute Gasteiger partial charge is 0.290 e. The van der Waals surface area contributed by atoms with E-state index in [2.05, 4.69) is 9.97 Å². The Bertz CT molecular complexity index is 1460. The molecule has 3 heterocycles. The number of aliphatic hydroxyl groups excluding tert-OH is 1. The summed E-state index contributed by atoms with van der Waals surface area (Å²) < 4.78 is 0. The van der Waals surface area contributed by atoms with Gasteiger partial charge in [0.25, 0.3) is 5.91 Å². The van der Waals surface area contributed by atoms with Crippen LogP contribution in [0.1, 0.15) is 46.9 Å². The van der Waals surface area contributed by atoms with Crippen LogP contribution >= 0.6 is 0 Å². The number of benzene rings is 2. The number of hydrogen-bond acceptors (Lipinski definition) is 5. The number of carbonyl (C=O) groups is 2. The van der Waals surface area contributed by atoms with Crippen molar-refractivity contribution in [3.8, 4) is 0 Å². The molecule has 4 aromatic rings. The molecule has 7 heteroatoms. The number of rotatable bonds is 7. The summed E-state index contributed by atoms with van der Waals surface area (Å²) >= 11 is 0. The number of nitrogens with zero attached hydrogens (tertiary/aromatic N) is 2. The maximum atomic E-state index is 13.5. The van der Waals surface area contributed by atoms with Gasteiger partial charge in [-0.05, 0) is 55.2 Å². The number of aromatic nitrogens is 2. The summed E-state index contributed by atoms with van der Waals surface area (Å²) in [6.07, 6.45) is 5.45. The summed E-state index contributed by atoms with van der Waals surface area (Å²) in [4.78, 5) is 35.6. The van der Waals surface area contributed by atoms with Crippen LogP contribution in [0.2, 0.25) is 0 Å². The summed E-state index contributed by atoms with van der Waals surface area (Å²) in [5.74, 6) is -1.57. The lowest BCUT2D eigenvalue weighted by atomic mass is 9.90. The van der Waals surface area contributed by atoms with Gasteiger partial charge >= 0.3 is 0 Å². The number of para-hydroxylation sites is 1. The third kappa shape index (κ3) is 4.18. The van der Waals surface area contributed by atoms with E-state index in [9.17, 15) is 19.8 Å². The third-order valence-corrected chi connectivity index (χ3v) is 6.70. The van der Waals surface area contributed by atoms with Crippen LogP contribution in [0.5, 0.6) is 0 Å². The van der Waals surface area contributed by atoms with Gasteiger partial charge in [-0.25, -0.2) is 0 Å². The molecular weight excluding hydrogens is 454 g/mol. The summed E-state index contributed by atoms with van der Waals surface area (Å²) in [7, 11) is 0. The molecular formula is C29H27N3O4. The largest absolute Gasteiger partial charge is 0.503 e. The molecule has 36 heavy (non-hydrogen) atoms. The topological polar surface area (TPSA) is 107 Å². The molecule has 0 saturated carbocycles. The van der Waals surface area contributed by atoms with Gasteiger partial charge in [-0.1, -0.05) is 42.5 Å². The Balaban J connectivity index is 1.53. The van der Waals surface area contributed by atoms with Gasteiger partial charge in [0.1, 0.15) is 0 Å². The fourth-order valence-corrected chi connectivity index (χ4v) is 4.77. The van der Waals surface area contributed by atoms with Gasteiger partial charge in [0, 0.05) is 41.6 Å². The minimum atomic E-state index is -1.04. The minimum absolute atomic E-state index is 0.0305. The van der Waals surface area contributed by atoms with Crippen molar-refractivity contribution in [3.05, 3.63) is 113 Å². The van der Waals surface area contributed by atoms with Crippen molar-refractivity contribution in [1.82, 2.24) is 14.9 Å². The molecule has 1 aliphatic rings. The normalized spacial score (nSPS) is 16.2. The van der Waals surface area contributed by atoms with Crippen molar-refractivity contribution in [1.29, 1.82) is 0 Å². The predicted octanol–water partition coefficient (Wildman–Crippen LogP) is 4.61. The van der Waals surface area contributed by atoms with Crippen LogP contribution in [0.15, 0.2) is 90.6 Å². The number of hydrogen-bond donors (Lipinski definition) is 3. The quantitative estimate of drug-likeness (QED) is 0.334. The van der Waals surface area contributed by atoms with E-state index in [0.29, 0.717) is 29.7 Å². The SMILES string of the molecule is CC(C)(O)c1ccc(C2C(C(=O)c3cccnc3)=C(O)C(=O)N2CCc2c[nH]c3ccccc23)cc1. The van der Waals surface area contributed by atoms with Crippen molar-refractivity contribution in [2.24, 2.45) is 0 Å². The highest BCUT2D eigenvalue weighted by atomic mass is 16.3. The molecule has 0 bridgehead atoms. The van der Waals surface area contributed by atoms with E-state index in [0.717, 1.165) is 16.5 Å². The maximum Gasteiger partial charge on any atom is 0.290 e. The minimum Gasteiger partial charge on any atom is -0.503 e. The molecule has 0 spiro atoms. The molecule has 7 nitrogen and oxygen atoms in total. The van der Waals surface area contributed by atoms with E-state index in [-0.39, 0.29) is 5.57 Å². The van der Waals surface area contributed by atoms with Crippen LogP contribution < -0.4 is 0 Å². The molecule has 5 rings (SSSR count). The maximum absolute atomic E-state index is 13.5. The highest BCUT2D eigenvalue weighted by Gasteiger charge is 2.43. The Morgan fingerprint density at radius 3 is 2.53 bits per heavy atom. The average Bonchev–Trinajstić information content (AvgIpc) is 3.41. The van der Waals surface area contributed by atoms with E-state index >= 15 is 0 Å². The first-order valence-electron chi connectivity index (χ1n) is 11.8. The molecule has 1 unspecified atom stereocenters. The lowest BCUT2D eigenvalue weighted by Crippen LogP contribution is -2.33. The van der Waals surface area contributed by atoms with Gasteiger partial charge < -0.3 is 20.1 Å². The van der Waals surface area contributed by atoms with Gasteiger partial charge in [-0.15, -0.1) is 0 Å². The van der Waals surface area contributed by atoms with Crippen molar-refractivity contribution in [3.63, 3.8) is 0 Å². The number of amides is 1. The number of carbonyl (C=O) groups excluding carboxylic acids is 2. The van der Waals surface area contributed by atoms with Crippen molar-refractivity contribution < 1.29 is 19.8 Å². The second-order valence-corrected chi connectivity index (χ2v) is 9.52. The third-order valence-electron chi connectivity index (χ3n) is 6.70. The van der Waals surface area contributed by atoms with E-state index in [1.165, 1.54) is 6.20 Å². The molecule has 3 N–H and O–H groups in total. The highest BCUT2D eigenvalue weighted by Crippen LogP contribution is 2.39. The van der Waals surface area contributed by atoms with Gasteiger partial charge in [0.15, 0.2) is 11.5 Å². The lowest BCUT2D eigenvalue weighted by molar-refractivity contribution is -0.129. The van der Waals surface area contributed by atoms with Crippen LogP contribution in [-0.2, 0) is 16.8 Å². The second kappa shape index (κ2) is 9.09. The van der Waals surface area contributed by atoms with Crippen LogP contribution in [0.25, 0.3) is 10.9 Å². The Morgan fingerprint density at radius 2 is 1.83 bits per heavy atom. The summed E-state index contributed by atoms with van der Waals surface area (Å²) in [6, 6.07) is 17.6. The van der Waals surface area contributed by atoms with Crippen LogP contribution in [0.3, 0.4) is 0 Å². The second-order valence-electron chi connectivity index (χ2n) is 9.52. The van der Waals surface area contributed by atoms with E-state index < -0.39 is 29.1 Å². The van der Waals surface area contributed by atoms with Gasteiger partial charge in [-0.3, -0.25) is 14.6 Å². The fourth-order valence-electron chi connectivity index (χ4n) is 4.77. The molecule has 0 saturated heterocycles. The first-order valence-corrected chi connectivity index (χ1v) is 11.8. The predicted molar refractivity (Wildman–Crippen MR) is 136 cm³/mol. The zero-order valence-corrected chi connectivity index (χ0v) is 20.1. The molecule has 1 amide bonds. The fraction of sp³-hybridized carbons (Fsp3) is 0.207. The highest BCUT2D eigenvalue weighted by molar-refractivity contribution is 6.16. The van der Waals surface area contributed by atoms with Crippen molar-refractivity contribution in [2.75, 3.05) is 6.54 Å². The zero-order chi connectivity index (χ0) is 25.4. The molecule has 0 aliphatic carbocycles. The summed E-state index contributed by atoms with van der Waals surface area (Å²) in [6.45, 7) is 3.68. The standard InChI is InChI=1S/C29H27N3O4/c1-29(2,36)21-11-9-18(10-12-21)25-24(26(33)20-6-5-14-30-16-20)27(34)28(35)32(25)15-13-19-17-31-23-8-4-3-7-22(19)23/h3-12,14,16-17,25,31,34,36H,13,15H2,1-2H3. The Morgan fingerprint density at radius 1 is 1.08 bits per heavy atom. The molecule has 1 aliphatic heterocycles. The molecule has 182 valence electrons. The Labute approximate surface area is 208 Å². The molecule has 0 fully saturated rings. The lowest BCUT2D eigenvalue weighted by Gasteiger charge is -2.27. The van der Waals surface area contributed by atoms with E-state index in [1.54, 1.807) is 61.3 Å². The number of fused-ring (bicyclic) bond motifs is 1. The number of nitrogens with one attached hydrogen (secondary N) is 1. The molecule has 1 atom stereocenters. The van der Waals surface area contributed by atoms with Crippen LogP contribution in [0, 0.1) is 0 Å². The van der Waals surface area contributed by atoms with Crippen LogP contribution in [0.4, 0.5) is 0 Å². The number of aliphatic hydroxyl groups is 2. The van der Waals surface area contributed by atoms with Crippen molar-refractivity contribution >= 4 is 22.6 Å². The number of aromatic amines is 1. The van der Waals surface area contributed by atoms with Gasteiger partial charge in [-0.2, -0.15) is 0 Å². The Kier molecular flexibility index (Phi) is 5.94. The zero-order valence-electron chi connectivity index (χ0n) is 20.1. The van der Waals surface area contributed by atoms with Crippen molar-refractivity contribution in [2.45, 2.75) is 31.9 Å². The number of pyridine rings is 1. The van der Waals surface area contributed by atoms with Gasteiger partial charge in [0.2, 0.25) is 0 Å². The average molecular weight is 482 g/mol. The molecule has 0 radical (unpaired) electrons. The summed E-state index contributed by atoms with van der Waals surface area (Å²) in [5, 5.41) is 22.3. The number of H-pyrrole nitrogens is 1. The first-order chi connectivity index (χ1) is 17.3. The monoisotopic (exact) mass is 481 g/mol. The van der Waals surface area contributed by atoms with Gasteiger partial charge in [0.05, 0.1) is 17.2 Å². The number of ketones is 1. The first kappa shape index (κ1) is 23.5. The van der Waals surface area contributed by atoms with E-state index in [4.69, 9.17) is 0 Å². The number of Topliss-reactive ketones (excluding diaryl/α,β-unsaturated/α-hetero) is 1. The van der Waals surface area contributed by atoms with Crippen LogP contribution in [-0.4, -0.2) is 43.3 Å². The molecule has 2 aromatic heterocycles. The Hall–Kier alpha value is -4.23. The molecule has 2 aromatic carbocycles. The summed E-state index contributed by atoms with van der Waals surface area (Å²) in [5.41, 5.74) is 2.71.